The van der Waals surface area contributed by atoms with E-state index in [1.165, 1.54) is 11.3 Å². The number of carbonyl (C=O) groups excluding carboxylic acids is 2. The van der Waals surface area contributed by atoms with Gasteiger partial charge in [0.25, 0.3) is 5.91 Å². The molecule has 5 heteroatoms. The van der Waals surface area contributed by atoms with Crippen LogP contribution in [0.4, 0.5) is 0 Å². The van der Waals surface area contributed by atoms with Crippen molar-refractivity contribution < 1.29 is 14.3 Å². The molecule has 3 rings (SSSR count). The van der Waals surface area contributed by atoms with Crippen LogP contribution in [0.3, 0.4) is 0 Å². The average molecular weight is 347 g/mol. The van der Waals surface area contributed by atoms with Crippen LogP contribution in [-0.4, -0.2) is 29.4 Å². The highest BCUT2D eigenvalue weighted by atomic mass is 32.1. The van der Waals surface area contributed by atoms with E-state index in [0.717, 1.165) is 50.6 Å². The van der Waals surface area contributed by atoms with Crippen LogP contribution in [0.2, 0.25) is 0 Å². The first kappa shape index (κ1) is 17.2. The Bertz CT molecular complexity index is 600. The Labute approximate surface area is 147 Å². The van der Waals surface area contributed by atoms with E-state index in [-0.39, 0.29) is 17.9 Å². The number of rotatable bonds is 4. The molecule has 1 aromatic heterocycles. The van der Waals surface area contributed by atoms with Gasteiger partial charge in [0.1, 0.15) is 0 Å². The van der Waals surface area contributed by atoms with Gasteiger partial charge in [-0.05, 0) is 56.9 Å². The highest BCUT2D eigenvalue weighted by Gasteiger charge is 2.34. The number of allylic oxidation sites excluding steroid dienone is 1. The molecule has 0 unspecified atom stereocenters. The molecule has 0 aromatic carbocycles. The minimum absolute atomic E-state index is 0.0821. The number of amides is 1. The molecule has 1 aliphatic carbocycles. The Morgan fingerprint density at radius 2 is 2.08 bits per heavy atom. The zero-order valence-corrected chi connectivity index (χ0v) is 15.0. The smallest absolute Gasteiger partial charge is 0.331 e. The zero-order chi connectivity index (χ0) is 16.9. The second-order valence-corrected chi connectivity index (χ2v) is 7.63. The molecule has 1 aromatic rings. The molecule has 1 amide bonds. The number of nitrogens with zero attached hydrogens (tertiary/aromatic N) is 1. The molecule has 2 atom stereocenters. The molecule has 4 nitrogen and oxygen atoms in total. The maximum atomic E-state index is 12.7. The minimum atomic E-state index is -0.724. The van der Waals surface area contributed by atoms with Crippen LogP contribution in [0.25, 0.3) is 0 Å². The molecule has 24 heavy (non-hydrogen) atoms. The lowest BCUT2D eigenvalue weighted by atomic mass is 9.95. The molecule has 0 N–H and O–H groups in total. The van der Waals surface area contributed by atoms with Crippen molar-refractivity contribution in [3.8, 4) is 0 Å². The lowest BCUT2D eigenvalue weighted by molar-refractivity contribution is -0.155. The summed E-state index contributed by atoms with van der Waals surface area (Å²) in [6.45, 7) is 2.42. The van der Waals surface area contributed by atoms with Crippen LogP contribution in [-0.2, 0) is 14.3 Å². The molecular formula is C19H25NO3S. The third kappa shape index (κ3) is 4.07. The summed E-state index contributed by atoms with van der Waals surface area (Å²) in [6, 6.07) is 4.22. The highest BCUT2D eigenvalue weighted by Crippen LogP contribution is 2.35. The summed E-state index contributed by atoms with van der Waals surface area (Å²) in [5, 5.41) is 2.04. The van der Waals surface area contributed by atoms with Crippen molar-refractivity contribution in [2.75, 3.05) is 6.54 Å². The summed E-state index contributed by atoms with van der Waals surface area (Å²) in [6.07, 6.45) is 8.33. The predicted octanol–water partition coefficient (Wildman–Crippen LogP) is 4.23. The van der Waals surface area contributed by atoms with Gasteiger partial charge in [-0.2, -0.15) is 0 Å². The second kappa shape index (κ2) is 7.97. The molecule has 0 bridgehead atoms. The second-order valence-electron chi connectivity index (χ2n) is 6.65. The normalized spacial score (nSPS) is 22.3. The van der Waals surface area contributed by atoms with Crippen molar-refractivity contribution in [2.45, 2.75) is 64.0 Å². The maximum Gasteiger partial charge on any atom is 0.331 e. The van der Waals surface area contributed by atoms with Gasteiger partial charge in [0.05, 0.1) is 6.04 Å². The Morgan fingerprint density at radius 1 is 1.29 bits per heavy atom. The summed E-state index contributed by atoms with van der Waals surface area (Å²) < 4.78 is 5.39. The summed E-state index contributed by atoms with van der Waals surface area (Å²) in [5.41, 5.74) is 1.16. The Morgan fingerprint density at radius 3 is 2.79 bits per heavy atom. The third-order valence-corrected chi connectivity index (χ3v) is 5.84. The van der Waals surface area contributed by atoms with Gasteiger partial charge >= 0.3 is 5.97 Å². The first-order chi connectivity index (χ1) is 11.6. The maximum absolute atomic E-state index is 12.7. The number of hydrogen-bond acceptors (Lipinski definition) is 4. The van der Waals surface area contributed by atoms with Crippen molar-refractivity contribution in [2.24, 2.45) is 0 Å². The number of hydrogen-bond donors (Lipinski definition) is 0. The van der Waals surface area contributed by atoms with Crippen molar-refractivity contribution in [1.82, 2.24) is 4.90 Å². The van der Waals surface area contributed by atoms with Crippen LogP contribution < -0.4 is 0 Å². The van der Waals surface area contributed by atoms with Crippen LogP contribution >= 0.6 is 11.3 Å². The summed E-state index contributed by atoms with van der Waals surface area (Å²) >= 11 is 1.68. The molecule has 1 aliphatic heterocycles. The standard InChI is InChI=1S/C19H25NO3S/c1-14(23-18(21)13-15-7-3-2-4-8-15)19(22)20-11-5-9-16(20)17-10-6-12-24-17/h6,10,12-14,16H,2-5,7-9,11H2,1H3/t14-,16+/m1/s1. The summed E-state index contributed by atoms with van der Waals surface area (Å²) in [7, 11) is 0. The van der Waals surface area contributed by atoms with Crippen LogP contribution in [0.5, 0.6) is 0 Å². The third-order valence-electron chi connectivity index (χ3n) is 4.87. The summed E-state index contributed by atoms with van der Waals surface area (Å²) in [5.74, 6) is -0.457. The van der Waals surface area contributed by atoms with E-state index in [9.17, 15) is 9.59 Å². The van der Waals surface area contributed by atoms with Gasteiger partial charge in [0.2, 0.25) is 0 Å². The number of carbonyl (C=O) groups is 2. The molecule has 1 saturated heterocycles. The van der Waals surface area contributed by atoms with Gasteiger partial charge in [-0.1, -0.05) is 18.1 Å². The van der Waals surface area contributed by atoms with E-state index in [4.69, 9.17) is 4.74 Å². The van der Waals surface area contributed by atoms with Gasteiger partial charge in [0.15, 0.2) is 6.10 Å². The topological polar surface area (TPSA) is 46.6 Å². The average Bonchev–Trinajstić information content (AvgIpc) is 3.25. The SMILES string of the molecule is C[C@@H](OC(=O)C=C1CCCCC1)C(=O)N1CCC[C@H]1c1cccs1. The first-order valence-electron chi connectivity index (χ1n) is 8.89. The van der Waals surface area contributed by atoms with Crippen molar-refractivity contribution in [3.05, 3.63) is 34.0 Å². The predicted molar refractivity (Wildman–Crippen MR) is 94.7 cm³/mol. The first-order valence-corrected chi connectivity index (χ1v) is 9.77. The molecule has 0 radical (unpaired) electrons. The fourth-order valence-electron chi connectivity index (χ4n) is 3.62. The van der Waals surface area contributed by atoms with Crippen molar-refractivity contribution in [1.29, 1.82) is 0 Å². The van der Waals surface area contributed by atoms with Crippen LogP contribution in [0.15, 0.2) is 29.2 Å². The van der Waals surface area contributed by atoms with Gasteiger partial charge in [-0.25, -0.2) is 4.79 Å². The number of ether oxygens (including phenoxy) is 1. The van der Waals surface area contributed by atoms with E-state index in [2.05, 4.69) is 6.07 Å². The van der Waals surface area contributed by atoms with E-state index >= 15 is 0 Å². The lowest BCUT2D eigenvalue weighted by Crippen LogP contribution is -2.39. The van der Waals surface area contributed by atoms with E-state index < -0.39 is 6.10 Å². The van der Waals surface area contributed by atoms with E-state index in [1.54, 1.807) is 24.3 Å². The van der Waals surface area contributed by atoms with Gasteiger partial charge < -0.3 is 9.64 Å². The summed E-state index contributed by atoms with van der Waals surface area (Å²) in [4.78, 5) is 27.9. The monoisotopic (exact) mass is 347 g/mol. The molecule has 0 spiro atoms. The van der Waals surface area contributed by atoms with Crippen LogP contribution in [0.1, 0.15) is 62.8 Å². The van der Waals surface area contributed by atoms with E-state index in [1.807, 2.05) is 16.3 Å². The Balaban J connectivity index is 1.58. The van der Waals surface area contributed by atoms with Crippen molar-refractivity contribution >= 4 is 23.2 Å². The Kier molecular flexibility index (Phi) is 5.72. The minimum Gasteiger partial charge on any atom is -0.449 e. The molecule has 2 fully saturated rings. The molecule has 2 heterocycles. The number of thiophene rings is 1. The number of esters is 1. The number of likely N-dealkylation sites (tertiary alicyclic amines) is 1. The quantitative estimate of drug-likeness (QED) is 0.605. The van der Waals surface area contributed by atoms with Gasteiger partial charge in [-0.3, -0.25) is 4.79 Å². The lowest BCUT2D eigenvalue weighted by Gasteiger charge is -2.26. The van der Waals surface area contributed by atoms with Gasteiger partial charge in [-0.15, -0.1) is 11.3 Å². The highest BCUT2D eigenvalue weighted by molar-refractivity contribution is 7.10. The zero-order valence-electron chi connectivity index (χ0n) is 14.2. The Hall–Kier alpha value is -1.62. The van der Waals surface area contributed by atoms with Gasteiger partial charge in [0, 0.05) is 17.5 Å². The fourth-order valence-corrected chi connectivity index (χ4v) is 4.49. The molecule has 1 saturated carbocycles. The van der Waals surface area contributed by atoms with Crippen LogP contribution in [0, 0.1) is 0 Å². The molecule has 130 valence electrons. The van der Waals surface area contributed by atoms with Crippen molar-refractivity contribution in [3.63, 3.8) is 0 Å². The molecular weight excluding hydrogens is 322 g/mol. The molecule has 2 aliphatic rings. The largest absolute Gasteiger partial charge is 0.449 e. The fraction of sp³-hybridized carbons (Fsp3) is 0.579. The van der Waals surface area contributed by atoms with E-state index in [0.29, 0.717) is 0 Å².